The van der Waals surface area contributed by atoms with Crippen LogP contribution in [-0.2, 0) is 21.4 Å². The molecule has 0 radical (unpaired) electrons. The summed E-state index contributed by atoms with van der Waals surface area (Å²) in [7, 11) is -3.48. The Morgan fingerprint density at radius 2 is 2.05 bits per heavy atom. The lowest BCUT2D eigenvalue weighted by molar-refractivity contribution is -0.119. The summed E-state index contributed by atoms with van der Waals surface area (Å²) in [6.45, 7) is 6.11. The molecule has 1 heterocycles. The number of rotatable bonds is 5. The average Bonchev–Trinajstić information content (AvgIpc) is 2.91. The summed E-state index contributed by atoms with van der Waals surface area (Å²) in [5.74, 6) is 0.767. The first-order valence-corrected chi connectivity index (χ1v) is 9.95. The lowest BCUT2D eigenvalue weighted by atomic mass is 9.78. The standard InChI is InChI=1S/C15H24N2O3S2/c1-10-5-4-6-14(11(10)2)17-22(19,20)15-8-7-13(21-15)9-16-12(3)18/h7-8,10-11,14,17H,4-6,9H2,1-3H3,(H,16,18)/t10-,11-,14+/m0/s1. The molecular weight excluding hydrogens is 320 g/mol. The van der Waals surface area contributed by atoms with E-state index in [4.69, 9.17) is 0 Å². The molecule has 0 saturated heterocycles. The monoisotopic (exact) mass is 344 g/mol. The Labute approximate surface area is 136 Å². The van der Waals surface area contributed by atoms with Crippen LogP contribution in [0.15, 0.2) is 16.3 Å². The second kappa shape index (κ2) is 7.10. The minimum Gasteiger partial charge on any atom is -0.351 e. The molecule has 0 aromatic carbocycles. The number of hydrogen-bond acceptors (Lipinski definition) is 4. The number of carbonyl (C=O) groups excluding carboxylic acids is 1. The van der Waals surface area contributed by atoms with Crippen molar-refractivity contribution in [2.45, 2.75) is 56.8 Å². The van der Waals surface area contributed by atoms with Crippen LogP contribution in [0, 0.1) is 11.8 Å². The predicted octanol–water partition coefficient (Wildman–Crippen LogP) is 2.49. The lowest BCUT2D eigenvalue weighted by Crippen LogP contribution is -2.43. The van der Waals surface area contributed by atoms with Crippen molar-refractivity contribution in [3.05, 3.63) is 17.0 Å². The van der Waals surface area contributed by atoms with Gasteiger partial charge in [-0.3, -0.25) is 4.79 Å². The van der Waals surface area contributed by atoms with Crippen LogP contribution in [0.1, 0.15) is 44.9 Å². The summed E-state index contributed by atoms with van der Waals surface area (Å²) in [5.41, 5.74) is 0. The molecule has 1 saturated carbocycles. The van der Waals surface area contributed by atoms with Gasteiger partial charge in [0.05, 0.1) is 6.54 Å². The quantitative estimate of drug-likeness (QED) is 0.862. The molecule has 1 fully saturated rings. The second-order valence-electron chi connectivity index (χ2n) is 6.13. The van der Waals surface area contributed by atoms with Gasteiger partial charge in [0.2, 0.25) is 15.9 Å². The van der Waals surface area contributed by atoms with Crippen molar-refractivity contribution in [3.8, 4) is 0 Å². The summed E-state index contributed by atoms with van der Waals surface area (Å²) in [6.07, 6.45) is 3.13. The van der Waals surface area contributed by atoms with Gasteiger partial charge >= 0.3 is 0 Å². The van der Waals surface area contributed by atoms with E-state index in [1.54, 1.807) is 12.1 Å². The number of sulfonamides is 1. The maximum atomic E-state index is 12.5. The molecule has 2 rings (SSSR count). The lowest BCUT2D eigenvalue weighted by Gasteiger charge is -2.34. The van der Waals surface area contributed by atoms with E-state index < -0.39 is 10.0 Å². The topological polar surface area (TPSA) is 75.3 Å². The first kappa shape index (κ1) is 17.4. The van der Waals surface area contributed by atoms with Crippen LogP contribution < -0.4 is 10.0 Å². The Hall–Kier alpha value is -0.920. The largest absolute Gasteiger partial charge is 0.351 e. The summed E-state index contributed by atoms with van der Waals surface area (Å²) in [4.78, 5) is 11.7. The van der Waals surface area contributed by atoms with Gasteiger partial charge in [-0.2, -0.15) is 0 Å². The fourth-order valence-electron chi connectivity index (χ4n) is 2.81. The zero-order valence-corrected chi connectivity index (χ0v) is 14.9. The second-order valence-corrected chi connectivity index (χ2v) is 9.23. The van der Waals surface area contributed by atoms with E-state index in [9.17, 15) is 13.2 Å². The van der Waals surface area contributed by atoms with Gasteiger partial charge in [-0.05, 0) is 30.4 Å². The first-order chi connectivity index (χ1) is 10.3. The molecule has 1 amide bonds. The van der Waals surface area contributed by atoms with Gasteiger partial charge in [-0.15, -0.1) is 11.3 Å². The molecule has 1 aliphatic carbocycles. The molecule has 22 heavy (non-hydrogen) atoms. The third kappa shape index (κ3) is 4.30. The van der Waals surface area contributed by atoms with E-state index in [1.165, 1.54) is 24.7 Å². The molecule has 0 aliphatic heterocycles. The van der Waals surface area contributed by atoms with E-state index in [0.29, 0.717) is 22.6 Å². The van der Waals surface area contributed by atoms with Crippen molar-refractivity contribution in [3.63, 3.8) is 0 Å². The Balaban J connectivity index is 2.05. The number of hydrogen-bond donors (Lipinski definition) is 2. The molecule has 1 aromatic rings. The van der Waals surface area contributed by atoms with Gasteiger partial charge < -0.3 is 5.32 Å². The highest BCUT2D eigenvalue weighted by atomic mass is 32.2. The molecule has 5 nitrogen and oxygen atoms in total. The van der Waals surface area contributed by atoms with Gasteiger partial charge in [0, 0.05) is 17.8 Å². The molecule has 2 N–H and O–H groups in total. The van der Waals surface area contributed by atoms with Crippen molar-refractivity contribution < 1.29 is 13.2 Å². The third-order valence-electron chi connectivity index (χ3n) is 4.43. The van der Waals surface area contributed by atoms with Gasteiger partial charge in [-0.1, -0.05) is 26.7 Å². The minimum absolute atomic E-state index is 0.00893. The van der Waals surface area contributed by atoms with E-state index in [0.717, 1.165) is 17.7 Å². The van der Waals surface area contributed by atoms with Crippen LogP contribution in [0.4, 0.5) is 0 Å². The summed E-state index contributed by atoms with van der Waals surface area (Å²) in [5, 5.41) is 2.68. The van der Waals surface area contributed by atoms with Gasteiger partial charge in [-0.25, -0.2) is 13.1 Å². The fraction of sp³-hybridized carbons (Fsp3) is 0.667. The Bertz CT molecular complexity index is 624. The van der Waals surface area contributed by atoms with E-state index >= 15 is 0 Å². The van der Waals surface area contributed by atoms with Crippen LogP contribution in [-0.4, -0.2) is 20.4 Å². The summed E-state index contributed by atoms with van der Waals surface area (Å²) >= 11 is 1.21. The fourth-order valence-corrected chi connectivity index (χ4v) is 5.49. The molecule has 1 aliphatic rings. The predicted molar refractivity (Wildman–Crippen MR) is 88.1 cm³/mol. The van der Waals surface area contributed by atoms with E-state index in [-0.39, 0.29) is 11.9 Å². The van der Waals surface area contributed by atoms with E-state index in [1.807, 2.05) is 0 Å². The van der Waals surface area contributed by atoms with Crippen molar-refractivity contribution in [2.24, 2.45) is 11.8 Å². The van der Waals surface area contributed by atoms with Crippen molar-refractivity contribution in [1.82, 2.24) is 10.0 Å². The van der Waals surface area contributed by atoms with Crippen molar-refractivity contribution >= 4 is 27.3 Å². The van der Waals surface area contributed by atoms with Gasteiger partial charge in [0.1, 0.15) is 4.21 Å². The first-order valence-electron chi connectivity index (χ1n) is 7.65. The number of thiophene rings is 1. The van der Waals surface area contributed by atoms with Gasteiger partial charge in [0.25, 0.3) is 0 Å². The smallest absolute Gasteiger partial charge is 0.250 e. The SMILES string of the molecule is CC(=O)NCc1ccc(S(=O)(=O)N[C@@H]2CCC[C@H](C)[C@@H]2C)s1. The molecule has 7 heteroatoms. The Morgan fingerprint density at radius 3 is 2.73 bits per heavy atom. The maximum absolute atomic E-state index is 12.5. The number of carbonyl (C=O) groups is 1. The summed E-state index contributed by atoms with van der Waals surface area (Å²) in [6, 6.07) is 3.37. The molecule has 0 spiro atoms. The van der Waals surface area contributed by atoms with Crippen molar-refractivity contribution in [2.75, 3.05) is 0 Å². The average molecular weight is 345 g/mol. The highest BCUT2D eigenvalue weighted by Crippen LogP contribution is 2.31. The van der Waals surface area contributed by atoms with Crippen LogP contribution >= 0.6 is 11.3 Å². The third-order valence-corrected chi connectivity index (χ3v) is 7.49. The molecular formula is C15H24N2O3S2. The number of amides is 1. The summed E-state index contributed by atoms with van der Waals surface area (Å²) < 4.78 is 28.2. The highest BCUT2D eigenvalue weighted by Gasteiger charge is 2.31. The zero-order valence-electron chi connectivity index (χ0n) is 13.3. The normalized spacial score (nSPS) is 25.9. The highest BCUT2D eigenvalue weighted by molar-refractivity contribution is 7.91. The van der Waals surface area contributed by atoms with Gasteiger partial charge in [0.15, 0.2) is 0 Å². The molecule has 1 aromatic heterocycles. The molecule has 0 bridgehead atoms. The maximum Gasteiger partial charge on any atom is 0.250 e. The Morgan fingerprint density at radius 1 is 1.32 bits per heavy atom. The van der Waals surface area contributed by atoms with E-state index in [2.05, 4.69) is 23.9 Å². The number of nitrogens with one attached hydrogen (secondary N) is 2. The molecule has 124 valence electrons. The van der Waals surface area contributed by atoms with Crippen molar-refractivity contribution in [1.29, 1.82) is 0 Å². The molecule has 3 atom stereocenters. The van der Waals surface area contributed by atoms with Crippen LogP contribution in [0.25, 0.3) is 0 Å². The molecule has 0 unspecified atom stereocenters. The van der Waals surface area contributed by atoms with Crippen LogP contribution in [0.3, 0.4) is 0 Å². The van der Waals surface area contributed by atoms with Crippen LogP contribution in [0.2, 0.25) is 0 Å². The Kier molecular flexibility index (Phi) is 5.63. The zero-order chi connectivity index (χ0) is 16.3. The minimum atomic E-state index is -3.48. The van der Waals surface area contributed by atoms with Crippen LogP contribution in [0.5, 0.6) is 0 Å².